The molecule has 1 fully saturated rings. The van der Waals surface area contributed by atoms with Gasteiger partial charge in [0.2, 0.25) is 0 Å². The molecule has 0 saturated carbocycles. The SMILES string of the molecule is COc1cncc(C(N)C2C(C)OC(C)C2C)c1. The number of hydrogen-bond donors (Lipinski definition) is 1. The van der Waals surface area contributed by atoms with Crippen molar-refractivity contribution in [3.8, 4) is 5.75 Å². The Morgan fingerprint density at radius 2 is 2.00 bits per heavy atom. The predicted molar refractivity (Wildman–Crippen MR) is 70.4 cm³/mol. The van der Waals surface area contributed by atoms with Crippen molar-refractivity contribution >= 4 is 0 Å². The first-order chi connectivity index (χ1) is 8.54. The molecule has 0 amide bonds. The maximum atomic E-state index is 6.39. The van der Waals surface area contributed by atoms with E-state index in [1.807, 2.05) is 12.3 Å². The summed E-state index contributed by atoms with van der Waals surface area (Å²) in [6, 6.07) is 1.89. The summed E-state index contributed by atoms with van der Waals surface area (Å²) in [7, 11) is 1.64. The summed E-state index contributed by atoms with van der Waals surface area (Å²) in [6.07, 6.45) is 3.94. The summed E-state index contributed by atoms with van der Waals surface area (Å²) in [4.78, 5) is 4.17. The van der Waals surface area contributed by atoms with Crippen molar-refractivity contribution in [1.29, 1.82) is 0 Å². The number of hydrogen-bond acceptors (Lipinski definition) is 4. The van der Waals surface area contributed by atoms with Crippen molar-refractivity contribution in [2.24, 2.45) is 17.6 Å². The van der Waals surface area contributed by atoms with Crippen molar-refractivity contribution in [2.75, 3.05) is 7.11 Å². The van der Waals surface area contributed by atoms with E-state index in [0.29, 0.717) is 11.8 Å². The molecular weight excluding hydrogens is 228 g/mol. The van der Waals surface area contributed by atoms with E-state index in [2.05, 4.69) is 25.8 Å². The van der Waals surface area contributed by atoms with Crippen molar-refractivity contribution < 1.29 is 9.47 Å². The Hall–Kier alpha value is -1.13. The van der Waals surface area contributed by atoms with Crippen LogP contribution >= 0.6 is 0 Å². The lowest BCUT2D eigenvalue weighted by atomic mass is 9.81. The first-order valence-electron chi connectivity index (χ1n) is 6.44. The van der Waals surface area contributed by atoms with Crippen LogP contribution in [0.3, 0.4) is 0 Å². The number of methoxy groups -OCH3 is 1. The number of nitrogens with zero attached hydrogens (tertiary/aromatic N) is 1. The van der Waals surface area contributed by atoms with E-state index in [1.165, 1.54) is 0 Å². The van der Waals surface area contributed by atoms with E-state index in [4.69, 9.17) is 15.2 Å². The van der Waals surface area contributed by atoms with E-state index in [0.717, 1.165) is 11.3 Å². The Balaban J connectivity index is 2.22. The third kappa shape index (κ3) is 2.35. The molecule has 1 aliphatic rings. The standard InChI is InChI=1S/C14H22N2O2/c1-8-9(2)18-10(3)13(8)14(15)11-5-12(17-4)7-16-6-11/h5-10,13-14H,15H2,1-4H3. The Morgan fingerprint density at radius 3 is 2.56 bits per heavy atom. The minimum Gasteiger partial charge on any atom is -0.495 e. The molecule has 0 radical (unpaired) electrons. The molecule has 0 aromatic carbocycles. The Kier molecular flexibility index (Phi) is 3.88. The van der Waals surface area contributed by atoms with Gasteiger partial charge in [0.05, 0.1) is 25.5 Å². The van der Waals surface area contributed by atoms with Crippen LogP contribution in [0.2, 0.25) is 0 Å². The van der Waals surface area contributed by atoms with E-state index in [9.17, 15) is 0 Å². The molecule has 5 atom stereocenters. The molecule has 4 heteroatoms. The summed E-state index contributed by atoms with van der Waals surface area (Å²) in [6.45, 7) is 6.40. The average molecular weight is 250 g/mol. The number of pyridine rings is 1. The molecule has 1 saturated heterocycles. The van der Waals surface area contributed by atoms with E-state index < -0.39 is 0 Å². The Morgan fingerprint density at radius 1 is 1.28 bits per heavy atom. The van der Waals surface area contributed by atoms with Gasteiger partial charge in [0.25, 0.3) is 0 Å². The first kappa shape index (κ1) is 13.3. The number of ether oxygens (including phenoxy) is 2. The van der Waals surface area contributed by atoms with Crippen LogP contribution in [-0.2, 0) is 4.74 Å². The van der Waals surface area contributed by atoms with Gasteiger partial charge in [-0.25, -0.2) is 0 Å². The lowest BCUT2D eigenvalue weighted by Crippen LogP contribution is -2.30. The fourth-order valence-electron chi connectivity index (χ4n) is 2.86. The van der Waals surface area contributed by atoms with Gasteiger partial charge < -0.3 is 15.2 Å². The minimum atomic E-state index is -0.0671. The zero-order chi connectivity index (χ0) is 13.3. The summed E-state index contributed by atoms with van der Waals surface area (Å²) in [5.41, 5.74) is 7.40. The Bertz CT molecular complexity index is 411. The quantitative estimate of drug-likeness (QED) is 0.893. The molecule has 0 spiro atoms. The molecule has 4 nitrogen and oxygen atoms in total. The van der Waals surface area contributed by atoms with Crippen LogP contribution in [0, 0.1) is 11.8 Å². The molecule has 0 bridgehead atoms. The highest BCUT2D eigenvalue weighted by molar-refractivity contribution is 5.26. The van der Waals surface area contributed by atoms with Gasteiger partial charge in [-0.15, -0.1) is 0 Å². The van der Waals surface area contributed by atoms with Gasteiger partial charge in [0, 0.05) is 18.2 Å². The first-order valence-corrected chi connectivity index (χ1v) is 6.44. The average Bonchev–Trinajstić information content (AvgIpc) is 2.62. The molecule has 100 valence electrons. The predicted octanol–water partition coefficient (Wildman–Crippen LogP) is 2.15. The molecule has 2 N–H and O–H groups in total. The number of rotatable bonds is 3. The highest BCUT2D eigenvalue weighted by Crippen LogP contribution is 2.39. The van der Waals surface area contributed by atoms with Crippen molar-refractivity contribution in [3.63, 3.8) is 0 Å². The Labute approximate surface area is 108 Å². The maximum Gasteiger partial charge on any atom is 0.137 e. The van der Waals surface area contributed by atoms with Gasteiger partial charge in [0.15, 0.2) is 0 Å². The number of nitrogens with two attached hydrogens (primary N) is 1. The zero-order valence-corrected chi connectivity index (χ0v) is 11.5. The molecular formula is C14H22N2O2. The third-order valence-corrected chi connectivity index (χ3v) is 4.09. The molecule has 18 heavy (non-hydrogen) atoms. The second kappa shape index (κ2) is 5.24. The topological polar surface area (TPSA) is 57.4 Å². The van der Waals surface area contributed by atoms with Gasteiger partial charge in [0.1, 0.15) is 5.75 Å². The number of aromatic nitrogens is 1. The molecule has 0 aliphatic carbocycles. The minimum absolute atomic E-state index is 0.0671. The highest BCUT2D eigenvalue weighted by atomic mass is 16.5. The highest BCUT2D eigenvalue weighted by Gasteiger charge is 2.40. The van der Waals surface area contributed by atoms with E-state index >= 15 is 0 Å². The normalized spacial score (nSPS) is 33.4. The summed E-state index contributed by atoms with van der Waals surface area (Å²) in [5, 5.41) is 0. The summed E-state index contributed by atoms with van der Waals surface area (Å²) in [5.74, 6) is 1.50. The molecule has 1 aromatic rings. The molecule has 1 aliphatic heterocycles. The van der Waals surface area contributed by atoms with Crippen LogP contribution < -0.4 is 10.5 Å². The molecule has 2 heterocycles. The van der Waals surface area contributed by atoms with Gasteiger partial charge in [-0.3, -0.25) is 4.98 Å². The third-order valence-electron chi connectivity index (χ3n) is 4.09. The smallest absolute Gasteiger partial charge is 0.137 e. The van der Waals surface area contributed by atoms with Crippen LogP contribution in [0.15, 0.2) is 18.5 Å². The molecule has 2 rings (SSSR count). The zero-order valence-electron chi connectivity index (χ0n) is 11.5. The van der Waals surface area contributed by atoms with Gasteiger partial charge >= 0.3 is 0 Å². The van der Waals surface area contributed by atoms with Gasteiger partial charge in [-0.1, -0.05) is 6.92 Å². The van der Waals surface area contributed by atoms with Crippen molar-refractivity contribution in [2.45, 2.75) is 39.0 Å². The fourth-order valence-corrected chi connectivity index (χ4v) is 2.86. The fraction of sp³-hybridized carbons (Fsp3) is 0.643. The van der Waals surface area contributed by atoms with Crippen LogP contribution in [0.25, 0.3) is 0 Å². The van der Waals surface area contributed by atoms with E-state index in [1.54, 1.807) is 13.3 Å². The summed E-state index contributed by atoms with van der Waals surface area (Å²) >= 11 is 0. The lowest BCUT2D eigenvalue weighted by Gasteiger charge is -2.26. The van der Waals surface area contributed by atoms with Gasteiger partial charge in [-0.05, 0) is 31.4 Å². The monoisotopic (exact) mass is 250 g/mol. The van der Waals surface area contributed by atoms with Crippen LogP contribution in [0.5, 0.6) is 5.75 Å². The van der Waals surface area contributed by atoms with Crippen molar-refractivity contribution in [1.82, 2.24) is 4.98 Å². The second-order valence-corrected chi connectivity index (χ2v) is 5.17. The van der Waals surface area contributed by atoms with Crippen LogP contribution in [-0.4, -0.2) is 24.3 Å². The maximum absolute atomic E-state index is 6.39. The van der Waals surface area contributed by atoms with Crippen LogP contribution in [0.1, 0.15) is 32.4 Å². The van der Waals surface area contributed by atoms with Crippen LogP contribution in [0.4, 0.5) is 0 Å². The molecule has 1 aromatic heterocycles. The summed E-state index contributed by atoms with van der Waals surface area (Å²) < 4.78 is 11.0. The van der Waals surface area contributed by atoms with Gasteiger partial charge in [-0.2, -0.15) is 0 Å². The van der Waals surface area contributed by atoms with Crippen molar-refractivity contribution in [3.05, 3.63) is 24.0 Å². The van der Waals surface area contributed by atoms with E-state index in [-0.39, 0.29) is 18.2 Å². The second-order valence-electron chi connectivity index (χ2n) is 5.17. The largest absolute Gasteiger partial charge is 0.495 e. The lowest BCUT2D eigenvalue weighted by molar-refractivity contribution is 0.0489. The molecule has 5 unspecified atom stereocenters.